The highest BCUT2D eigenvalue weighted by Gasteiger charge is 2.22. The fourth-order valence-corrected chi connectivity index (χ4v) is 3.70. The predicted octanol–water partition coefficient (Wildman–Crippen LogP) is 4.21. The minimum atomic E-state index is 0. The highest BCUT2D eigenvalue weighted by molar-refractivity contribution is 14.0. The SMILES string of the molecule is CN=C(NCCc1nc(C)no1)N1CCC(COc2cc(Cl)cc(Cl)c2)CC1.I. The predicted molar refractivity (Wildman–Crippen MR) is 126 cm³/mol. The summed E-state index contributed by atoms with van der Waals surface area (Å²) in [4.78, 5) is 10.9. The van der Waals surface area contributed by atoms with Gasteiger partial charge in [-0.15, -0.1) is 24.0 Å². The molecule has 0 radical (unpaired) electrons. The minimum absolute atomic E-state index is 0. The summed E-state index contributed by atoms with van der Waals surface area (Å²) >= 11 is 12.0. The summed E-state index contributed by atoms with van der Waals surface area (Å²) in [5, 5.41) is 8.34. The van der Waals surface area contributed by atoms with Gasteiger partial charge < -0.3 is 19.5 Å². The first-order valence-electron chi connectivity index (χ1n) is 9.37. The number of aryl methyl sites for hydroxylation is 1. The molecular weight excluding hydrogens is 528 g/mol. The molecule has 2 aromatic rings. The number of aromatic nitrogens is 2. The first-order valence-corrected chi connectivity index (χ1v) is 10.1. The smallest absolute Gasteiger partial charge is 0.228 e. The van der Waals surface area contributed by atoms with E-state index < -0.39 is 0 Å². The van der Waals surface area contributed by atoms with Crippen molar-refractivity contribution in [2.45, 2.75) is 26.2 Å². The van der Waals surface area contributed by atoms with Crippen LogP contribution in [-0.2, 0) is 6.42 Å². The maximum Gasteiger partial charge on any atom is 0.228 e. The van der Waals surface area contributed by atoms with Crippen LogP contribution < -0.4 is 10.1 Å². The quantitative estimate of drug-likeness (QED) is 0.328. The van der Waals surface area contributed by atoms with Crippen LogP contribution in [0.25, 0.3) is 0 Å². The van der Waals surface area contributed by atoms with Gasteiger partial charge in [0.25, 0.3) is 0 Å². The number of likely N-dealkylation sites (tertiary alicyclic amines) is 1. The molecule has 1 N–H and O–H groups in total. The standard InChI is InChI=1S/C19H25Cl2N5O2.HI/c1-13-24-18(28-25-13)3-6-23-19(22-2)26-7-4-14(5-8-26)12-27-17-10-15(20)9-16(21)11-17;/h9-11,14H,3-8,12H2,1-2H3,(H,22,23);1H. The molecule has 0 atom stereocenters. The zero-order valence-corrected chi connectivity index (χ0v) is 20.4. The van der Waals surface area contributed by atoms with Gasteiger partial charge in [-0.2, -0.15) is 4.98 Å². The normalized spacial score (nSPS) is 15.2. The van der Waals surface area contributed by atoms with Crippen LogP contribution in [0, 0.1) is 12.8 Å². The third-order valence-corrected chi connectivity index (χ3v) is 5.08. The van der Waals surface area contributed by atoms with Gasteiger partial charge in [0.2, 0.25) is 5.89 Å². The summed E-state index contributed by atoms with van der Waals surface area (Å²) in [5.41, 5.74) is 0. The van der Waals surface area contributed by atoms with Gasteiger partial charge in [-0.1, -0.05) is 28.4 Å². The van der Waals surface area contributed by atoms with E-state index in [4.69, 9.17) is 32.5 Å². The van der Waals surface area contributed by atoms with Crippen LogP contribution in [-0.4, -0.2) is 54.3 Å². The number of nitrogens with zero attached hydrogens (tertiary/aromatic N) is 4. The molecule has 0 bridgehead atoms. The van der Waals surface area contributed by atoms with Crippen molar-refractivity contribution in [2.24, 2.45) is 10.9 Å². The van der Waals surface area contributed by atoms with Crippen molar-refractivity contribution >= 4 is 53.1 Å². The second kappa shape index (κ2) is 11.8. The lowest BCUT2D eigenvalue weighted by Gasteiger charge is -2.34. The molecule has 160 valence electrons. The Labute approximate surface area is 198 Å². The Kier molecular flexibility index (Phi) is 9.78. The number of rotatable bonds is 6. The molecule has 3 rings (SSSR count). The molecule has 0 amide bonds. The molecule has 0 saturated carbocycles. The van der Waals surface area contributed by atoms with E-state index in [0.717, 1.165) is 31.9 Å². The van der Waals surface area contributed by atoms with Crippen LogP contribution in [0.4, 0.5) is 0 Å². The van der Waals surface area contributed by atoms with Crippen LogP contribution >= 0.6 is 47.2 Å². The Morgan fingerprint density at radius 2 is 1.97 bits per heavy atom. The van der Waals surface area contributed by atoms with Crippen molar-refractivity contribution in [1.82, 2.24) is 20.4 Å². The van der Waals surface area contributed by atoms with Crippen LogP contribution in [0.15, 0.2) is 27.7 Å². The van der Waals surface area contributed by atoms with E-state index in [-0.39, 0.29) is 24.0 Å². The van der Waals surface area contributed by atoms with E-state index in [1.54, 1.807) is 25.2 Å². The lowest BCUT2D eigenvalue weighted by atomic mass is 9.98. The van der Waals surface area contributed by atoms with Crippen molar-refractivity contribution in [2.75, 3.05) is 33.3 Å². The van der Waals surface area contributed by atoms with Gasteiger partial charge in [0, 0.05) is 43.1 Å². The summed E-state index contributed by atoms with van der Waals surface area (Å²) in [6.45, 7) is 5.04. The second-order valence-electron chi connectivity index (χ2n) is 6.81. The number of hydrogen-bond donors (Lipinski definition) is 1. The molecular formula is C19H26Cl2IN5O2. The number of halogens is 3. The van der Waals surface area contributed by atoms with Crippen LogP contribution in [0.1, 0.15) is 24.6 Å². The highest BCUT2D eigenvalue weighted by atomic mass is 127. The molecule has 1 fully saturated rings. The van der Waals surface area contributed by atoms with E-state index in [2.05, 4.69) is 25.3 Å². The monoisotopic (exact) mass is 553 g/mol. The van der Waals surface area contributed by atoms with E-state index in [1.165, 1.54) is 0 Å². The lowest BCUT2D eigenvalue weighted by molar-refractivity contribution is 0.179. The molecule has 1 aliphatic rings. The molecule has 10 heteroatoms. The van der Waals surface area contributed by atoms with Crippen LogP contribution in [0.5, 0.6) is 5.75 Å². The molecule has 29 heavy (non-hydrogen) atoms. The van der Waals surface area contributed by atoms with E-state index in [1.807, 2.05) is 6.92 Å². The molecule has 2 heterocycles. The van der Waals surface area contributed by atoms with Gasteiger partial charge in [-0.05, 0) is 43.9 Å². The van der Waals surface area contributed by atoms with Gasteiger partial charge in [0.15, 0.2) is 11.8 Å². The van der Waals surface area contributed by atoms with Crippen LogP contribution in [0.3, 0.4) is 0 Å². The number of nitrogens with one attached hydrogen (secondary N) is 1. The zero-order chi connectivity index (χ0) is 19.9. The third kappa shape index (κ3) is 7.49. The van der Waals surface area contributed by atoms with E-state index >= 15 is 0 Å². The van der Waals surface area contributed by atoms with Gasteiger partial charge in [0.05, 0.1) is 6.61 Å². The maximum absolute atomic E-state index is 6.02. The Bertz CT molecular complexity index is 789. The molecule has 1 saturated heterocycles. The number of hydrogen-bond acceptors (Lipinski definition) is 5. The first-order chi connectivity index (χ1) is 13.5. The molecule has 0 spiro atoms. The van der Waals surface area contributed by atoms with Gasteiger partial charge >= 0.3 is 0 Å². The summed E-state index contributed by atoms with van der Waals surface area (Å²) in [7, 11) is 1.80. The summed E-state index contributed by atoms with van der Waals surface area (Å²) < 4.78 is 11.0. The third-order valence-electron chi connectivity index (χ3n) is 4.64. The zero-order valence-electron chi connectivity index (χ0n) is 16.5. The Balaban J connectivity index is 0.00000300. The van der Waals surface area contributed by atoms with Crippen LogP contribution in [0.2, 0.25) is 10.0 Å². The van der Waals surface area contributed by atoms with E-state index in [9.17, 15) is 0 Å². The van der Waals surface area contributed by atoms with Crippen molar-refractivity contribution in [1.29, 1.82) is 0 Å². The summed E-state index contributed by atoms with van der Waals surface area (Å²) in [6, 6.07) is 5.28. The minimum Gasteiger partial charge on any atom is -0.493 e. The van der Waals surface area contributed by atoms with Crippen molar-refractivity contribution in [3.63, 3.8) is 0 Å². The summed E-state index contributed by atoms with van der Waals surface area (Å²) in [5.74, 6) is 3.40. The second-order valence-corrected chi connectivity index (χ2v) is 7.68. The van der Waals surface area contributed by atoms with Gasteiger partial charge in [-0.3, -0.25) is 4.99 Å². The fraction of sp³-hybridized carbons (Fsp3) is 0.526. The largest absolute Gasteiger partial charge is 0.493 e. The number of benzene rings is 1. The Hall–Kier alpha value is -1.26. The lowest BCUT2D eigenvalue weighted by Crippen LogP contribution is -2.46. The number of piperidine rings is 1. The topological polar surface area (TPSA) is 75.8 Å². The average Bonchev–Trinajstić information content (AvgIpc) is 3.08. The first kappa shape index (κ1) is 24.0. The number of guanidine groups is 1. The molecule has 7 nitrogen and oxygen atoms in total. The molecule has 1 aromatic heterocycles. The number of ether oxygens (including phenoxy) is 1. The molecule has 0 unspecified atom stereocenters. The average molecular weight is 554 g/mol. The molecule has 0 aliphatic carbocycles. The number of aliphatic imine (C=N–C) groups is 1. The fourth-order valence-electron chi connectivity index (χ4n) is 3.19. The maximum atomic E-state index is 6.02. The van der Waals surface area contributed by atoms with E-state index in [0.29, 0.717) is 53.0 Å². The van der Waals surface area contributed by atoms with Crippen molar-refractivity contribution < 1.29 is 9.26 Å². The van der Waals surface area contributed by atoms with Gasteiger partial charge in [0.1, 0.15) is 5.75 Å². The molecule has 1 aliphatic heterocycles. The Morgan fingerprint density at radius 3 is 2.55 bits per heavy atom. The highest BCUT2D eigenvalue weighted by Crippen LogP contribution is 2.26. The summed E-state index contributed by atoms with van der Waals surface area (Å²) in [6.07, 6.45) is 2.75. The Morgan fingerprint density at radius 1 is 1.28 bits per heavy atom. The van der Waals surface area contributed by atoms with Crippen molar-refractivity contribution in [3.8, 4) is 5.75 Å². The molecule has 1 aromatic carbocycles. The van der Waals surface area contributed by atoms with Crippen molar-refractivity contribution in [3.05, 3.63) is 40.0 Å². The van der Waals surface area contributed by atoms with Gasteiger partial charge in [-0.25, -0.2) is 0 Å².